The maximum absolute atomic E-state index is 10.6. The zero-order valence-corrected chi connectivity index (χ0v) is 6.32. The molecule has 9 heavy (non-hydrogen) atoms. The standard InChI is InChI=1S/C7H12O2/c1-5(2)7(9-4)6(3)8/h1-4H3. The van der Waals surface area contributed by atoms with Crippen molar-refractivity contribution in [3.63, 3.8) is 0 Å². The molecule has 0 bridgehead atoms. The highest BCUT2D eigenvalue weighted by Crippen LogP contribution is 2.03. The number of hydrogen-bond acceptors (Lipinski definition) is 2. The van der Waals surface area contributed by atoms with E-state index in [4.69, 9.17) is 4.74 Å². The Balaban J connectivity index is 4.35. The van der Waals surface area contributed by atoms with Crippen LogP contribution in [0.5, 0.6) is 0 Å². The number of allylic oxidation sites excluding steroid dienone is 2. The van der Waals surface area contributed by atoms with E-state index in [1.807, 2.05) is 13.8 Å². The zero-order valence-electron chi connectivity index (χ0n) is 6.32. The van der Waals surface area contributed by atoms with Crippen LogP contribution in [0.15, 0.2) is 11.3 Å². The molecule has 52 valence electrons. The minimum atomic E-state index is -0.0162. The van der Waals surface area contributed by atoms with E-state index in [1.165, 1.54) is 14.0 Å². The first-order valence-electron chi connectivity index (χ1n) is 2.82. The van der Waals surface area contributed by atoms with Crippen molar-refractivity contribution in [1.82, 2.24) is 0 Å². The van der Waals surface area contributed by atoms with E-state index in [0.717, 1.165) is 5.57 Å². The van der Waals surface area contributed by atoms with Gasteiger partial charge in [-0.2, -0.15) is 0 Å². The Bertz CT molecular complexity index is 141. The number of ketones is 1. The number of Topliss-reactive ketones (excluding diaryl/α,β-unsaturated/α-hetero) is 1. The molecule has 0 saturated carbocycles. The van der Waals surface area contributed by atoms with Crippen LogP contribution in [0, 0.1) is 0 Å². The van der Waals surface area contributed by atoms with Gasteiger partial charge in [0.05, 0.1) is 7.11 Å². The molecule has 0 fully saturated rings. The first kappa shape index (κ1) is 8.21. The van der Waals surface area contributed by atoms with Gasteiger partial charge in [0.2, 0.25) is 0 Å². The number of methoxy groups -OCH3 is 1. The maximum atomic E-state index is 10.6. The van der Waals surface area contributed by atoms with Gasteiger partial charge in [-0.05, 0) is 19.4 Å². The molecule has 0 atom stereocenters. The predicted octanol–water partition coefficient (Wildman–Crippen LogP) is 1.52. The van der Waals surface area contributed by atoms with Crippen LogP contribution in [-0.4, -0.2) is 12.9 Å². The van der Waals surface area contributed by atoms with Crippen molar-refractivity contribution < 1.29 is 9.53 Å². The summed E-state index contributed by atoms with van der Waals surface area (Å²) in [5, 5.41) is 0. The Morgan fingerprint density at radius 2 is 1.67 bits per heavy atom. The number of carbonyl (C=O) groups excluding carboxylic acids is 1. The molecule has 0 rings (SSSR count). The van der Waals surface area contributed by atoms with Crippen LogP contribution < -0.4 is 0 Å². The van der Waals surface area contributed by atoms with Crippen LogP contribution in [0.3, 0.4) is 0 Å². The first-order valence-corrected chi connectivity index (χ1v) is 2.82. The molecule has 0 spiro atoms. The summed E-state index contributed by atoms with van der Waals surface area (Å²) in [7, 11) is 1.50. The molecule has 0 aliphatic heterocycles. The summed E-state index contributed by atoms with van der Waals surface area (Å²) in [5.74, 6) is 0.451. The Morgan fingerprint density at radius 1 is 1.22 bits per heavy atom. The Morgan fingerprint density at radius 3 is 1.67 bits per heavy atom. The van der Waals surface area contributed by atoms with Crippen molar-refractivity contribution in [2.75, 3.05) is 7.11 Å². The molecule has 0 radical (unpaired) electrons. The van der Waals surface area contributed by atoms with Crippen LogP contribution >= 0.6 is 0 Å². The molecule has 0 heterocycles. The van der Waals surface area contributed by atoms with E-state index in [2.05, 4.69) is 0 Å². The summed E-state index contributed by atoms with van der Waals surface area (Å²) in [5.41, 5.74) is 0.921. The normalized spacial score (nSPS) is 8.44. The fourth-order valence-corrected chi connectivity index (χ4v) is 0.700. The molecule has 0 unspecified atom stereocenters. The third-order valence-electron chi connectivity index (χ3n) is 0.978. The minimum Gasteiger partial charge on any atom is -0.493 e. The van der Waals surface area contributed by atoms with Gasteiger partial charge in [-0.3, -0.25) is 4.79 Å². The summed E-state index contributed by atoms with van der Waals surface area (Å²) in [6.07, 6.45) is 0. The van der Waals surface area contributed by atoms with Gasteiger partial charge in [-0.15, -0.1) is 0 Å². The summed E-state index contributed by atoms with van der Waals surface area (Å²) >= 11 is 0. The zero-order chi connectivity index (χ0) is 7.44. The van der Waals surface area contributed by atoms with E-state index in [1.54, 1.807) is 0 Å². The molecule has 2 heteroatoms. The maximum Gasteiger partial charge on any atom is 0.194 e. The summed E-state index contributed by atoms with van der Waals surface area (Å²) in [4.78, 5) is 10.6. The van der Waals surface area contributed by atoms with Crippen molar-refractivity contribution in [2.24, 2.45) is 0 Å². The lowest BCUT2D eigenvalue weighted by atomic mass is 10.2. The van der Waals surface area contributed by atoms with Gasteiger partial charge in [-0.25, -0.2) is 0 Å². The van der Waals surface area contributed by atoms with Crippen LogP contribution in [0.1, 0.15) is 20.8 Å². The van der Waals surface area contributed by atoms with Crippen LogP contribution in [0.2, 0.25) is 0 Å². The van der Waals surface area contributed by atoms with E-state index in [9.17, 15) is 4.79 Å². The summed E-state index contributed by atoms with van der Waals surface area (Å²) in [6.45, 7) is 5.19. The lowest BCUT2D eigenvalue weighted by Crippen LogP contribution is -2.00. The molecule has 0 aliphatic rings. The average Bonchev–Trinajstić information content (AvgIpc) is 1.64. The molecular weight excluding hydrogens is 116 g/mol. The average molecular weight is 128 g/mol. The molecule has 0 aromatic rings. The Labute approximate surface area is 55.5 Å². The number of ether oxygens (including phenoxy) is 1. The van der Waals surface area contributed by atoms with Crippen molar-refractivity contribution in [2.45, 2.75) is 20.8 Å². The van der Waals surface area contributed by atoms with Crippen LogP contribution in [0.4, 0.5) is 0 Å². The predicted molar refractivity (Wildman–Crippen MR) is 36.1 cm³/mol. The lowest BCUT2D eigenvalue weighted by Gasteiger charge is -2.01. The minimum absolute atomic E-state index is 0.0162. The highest BCUT2D eigenvalue weighted by molar-refractivity contribution is 5.91. The second kappa shape index (κ2) is 3.28. The molecule has 0 aromatic heterocycles. The third-order valence-corrected chi connectivity index (χ3v) is 0.978. The third kappa shape index (κ3) is 2.31. The second-order valence-electron chi connectivity index (χ2n) is 2.09. The molecule has 0 aromatic carbocycles. The molecule has 0 saturated heterocycles. The molecule has 0 amide bonds. The Kier molecular flexibility index (Phi) is 2.99. The van der Waals surface area contributed by atoms with E-state index in [-0.39, 0.29) is 5.78 Å². The lowest BCUT2D eigenvalue weighted by molar-refractivity contribution is -0.116. The van der Waals surface area contributed by atoms with Crippen molar-refractivity contribution in [1.29, 1.82) is 0 Å². The molecular formula is C7H12O2. The number of hydrogen-bond donors (Lipinski definition) is 0. The van der Waals surface area contributed by atoms with Gasteiger partial charge < -0.3 is 4.74 Å². The van der Waals surface area contributed by atoms with Gasteiger partial charge in [0.15, 0.2) is 11.5 Å². The fraction of sp³-hybridized carbons (Fsp3) is 0.571. The SMILES string of the molecule is COC(C(C)=O)=C(C)C. The molecule has 0 aliphatic carbocycles. The van der Waals surface area contributed by atoms with Crippen molar-refractivity contribution >= 4 is 5.78 Å². The first-order chi connectivity index (χ1) is 4.09. The van der Waals surface area contributed by atoms with Gasteiger partial charge in [0.1, 0.15) is 0 Å². The Hall–Kier alpha value is -0.790. The second-order valence-corrected chi connectivity index (χ2v) is 2.09. The largest absolute Gasteiger partial charge is 0.493 e. The van der Waals surface area contributed by atoms with Crippen LogP contribution in [-0.2, 0) is 9.53 Å². The van der Waals surface area contributed by atoms with Crippen molar-refractivity contribution in [3.8, 4) is 0 Å². The highest BCUT2D eigenvalue weighted by atomic mass is 16.5. The van der Waals surface area contributed by atoms with Gasteiger partial charge in [0.25, 0.3) is 0 Å². The molecule has 0 N–H and O–H groups in total. The number of rotatable bonds is 2. The van der Waals surface area contributed by atoms with E-state index in [0.29, 0.717) is 5.76 Å². The topological polar surface area (TPSA) is 26.3 Å². The van der Waals surface area contributed by atoms with Gasteiger partial charge in [0, 0.05) is 6.92 Å². The van der Waals surface area contributed by atoms with Crippen LogP contribution in [0.25, 0.3) is 0 Å². The summed E-state index contributed by atoms with van der Waals surface area (Å²) < 4.78 is 4.80. The number of carbonyl (C=O) groups is 1. The van der Waals surface area contributed by atoms with E-state index < -0.39 is 0 Å². The monoisotopic (exact) mass is 128 g/mol. The smallest absolute Gasteiger partial charge is 0.194 e. The van der Waals surface area contributed by atoms with E-state index >= 15 is 0 Å². The summed E-state index contributed by atoms with van der Waals surface area (Å²) in [6, 6.07) is 0. The quantitative estimate of drug-likeness (QED) is 0.416. The van der Waals surface area contributed by atoms with Gasteiger partial charge in [-0.1, -0.05) is 0 Å². The van der Waals surface area contributed by atoms with Crippen molar-refractivity contribution in [3.05, 3.63) is 11.3 Å². The van der Waals surface area contributed by atoms with Gasteiger partial charge >= 0.3 is 0 Å². The molecule has 2 nitrogen and oxygen atoms in total. The fourth-order valence-electron chi connectivity index (χ4n) is 0.700. The highest BCUT2D eigenvalue weighted by Gasteiger charge is 2.02.